The fourth-order valence-electron chi connectivity index (χ4n) is 3.39. The molecule has 2 aromatic carbocycles. The van der Waals surface area contributed by atoms with Crippen molar-refractivity contribution in [3.05, 3.63) is 60.3 Å². The Morgan fingerprint density at radius 1 is 1.15 bits per heavy atom. The number of hydrogen-bond donors (Lipinski definition) is 1. The third-order valence-corrected chi connectivity index (χ3v) is 4.77. The number of benzene rings is 2. The molecule has 0 spiro atoms. The van der Waals surface area contributed by atoms with E-state index < -0.39 is 0 Å². The number of rotatable bonds is 6. The summed E-state index contributed by atoms with van der Waals surface area (Å²) in [6.45, 7) is 4.02. The standard InChI is InChI=1S/C21H24N2O3/c1-24-18-7-8-20-16(12-22-21(20)11-18)13-23-9-10-25-19(14-23)15-26-17-5-3-2-4-6-17/h2-8,11-12,19,22H,9-10,13-15H2,1H3/t19-/m0/s1. The lowest BCUT2D eigenvalue weighted by Gasteiger charge is -2.32. The molecule has 0 aliphatic carbocycles. The van der Waals surface area contributed by atoms with Gasteiger partial charge in [0.05, 0.1) is 13.7 Å². The van der Waals surface area contributed by atoms with Crippen LogP contribution in [0.5, 0.6) is 11.5 Å². The molecule has 1 N–H and O–H groups in total. The average molecular weight is 352 g/mol. The minimum atomic E-state index is 0.0919. The molecule has 1 aromatic heterocycles. The minimum Gasteiger partial charge on any atom is -0.497 e. The van der Waals surface area contributed by atoms with Crippen molar-refractivity contribution in [2.24, 2.45) is 0 Å². The number of aromatic amines is 1. The molecule has 0 bridgehead atoms. The van der Waals surface area contributed by atoms with Gasteiger partial charge in [0.15, 0.2) is 0 Å². The smallest absolute Gasteiger partial charge is 0.120 e. The van der Waals surface area contributed by atoms with Crippen molar-refractivity contribution >= 4 is 10.9 Å². The molecular weight excluding hydrogens is 328 g/mol. The van der Waals surface area contributed by atoms with Crippen LogP contribution in [0.3, 0.4) is 0 Å². The van der Waals surface area contributed by atoms with Crippen LogP contribution in [-0.2, 0) is 11.3 Å². The number of hydrogen-bond acceptors (Lipinski definition) is 4. The van der Waals surface area contributed by atoms with Gasteiger partial charge in [-0.25, -0.2) is 0 Å². The quantitative estimate of drug-likeness (QED) is 0.738. The number of aromatic nitrogens is 1. The van der Waals surface area contributed by atoms with Gasteiger partial charge >= 0.3 is 0 Å². The highest BCUT2D eigenvalue weighted by Gasteiger charge is 2.22. The number of morpholine rings is 1. The van der Waals surface area contributed by atoms with Gasteiger partial charge in [0.1, 0.15) is 24.2 Å². The Morgan fingerprint density at radius 2 is 2.04 bits per heavy atom. The maximum absolute atomic E-state index is 5.88. The zero-order valence-electron chi connectivity index (χ0n) is 15.0. The van der Waals surface area contributed by atoms with E-state index in [1.54, 1.807) is 7.11 Å². The van der Waals surface area contributed by atoms with Crippen LogP contribution in [-0.4, -0.2) is 49.4 Å². The average Bonchev–Trinajstić information content (AvgIpc) is 3.09. The maximum atomic E-state index is 5.88. The van der Waals surface area contributed by atoms with Gasteiger partial charge in [-0.2, -0.15) is 0 Å². The summed E-state index contributed by atoms with van der Waals surface area (Å²) >= 11 is 0. The predicted molar refractivity (Wildman–Crippen MR) is 102 cm³/mol. The van der Waals surface area contributed by atoms with Gasteiger partial charge in [-0.05, 0) is 29.8 Å². The van der Waals surface area contributed by atoms with E-state index in [2.05, 4.69) is 22.1 Å². The summed E-state index contributed by atoms with van der Waals surface area (Å²) in [6.07, 6.45) is 2.18. The van der Waals surface area contributed by atoms with Crippen molar-refractivity contribution in [3.8, 4) is 11.5 Å². The number of nitrogens with zero attached hydrogens (tertiary/aromatic N) is 1. The lowest BCUT2D eigenvalue weighted by Crippen LogP contribution is -2.44. The van der Waals surface area contributed by atoms with Crippen LogP contribution in [0.25, 0.3) is 10.9 Å². The number of fused-ring (bicyclic) bond motifs is 1. The Kier molecular flexibility index (Phi) is 5.09. The third-order valence-electron chi connectivity index (χ3n) is 4.77. The summed E-state index contributed by atoms with van der Waals surface area (Å²) in [7, 11) is 1.69. The molecule has 1 aliphatic rings. The summed E-state index contributed by atoms with van der Waals surface area (Å²) in [4.78, 5) is 5.77. The van der Waals surface area contributed by atoms with Gasteiger partial charge in [-0.3, -0.25) is 4.90 Å². The molecule has 1 saturated heterocycles. The second-order valence-electron chi connectivity index (χ2n) is 6.58. The molecule has 4 rings (SSSR count). The molecule has 3 aromatic rings. The molecule has 26 heavy (non-hydrogen) atoms. The van der Waals surface area contributed by atoms with Gasteiger partial charge in [-0.1, -0.05) is 18.2 Å². The van der Waals surface area contributed by atoms with Crippen molar-refractivity contribution in [1.29, 1.82) is 0 Å². The lowest BCUT2D eigenvalue weighted by molar-refractivity contribution is -0.0503. The first-order valence-corrected chi connectivity index (χ1v) is 8.97. The Hall–Kier alpha value is -2.50. The molecule has 5 nitrogen and oxygen atoms in total. The highest BCUT2D eigenvalue weighted by atomic mass is 16.5. The summed E-state index contributed by atoms with van der Waals surface area (Å²) in [5.74, 6) is 1.76. The SMILES string of the molecule is COc1ccc2c(CN3CCO[C@H](COc4ccccc4)C3)c[nH]c2c1. The first-order chi connectivity index (χ1) is 12.8. The highest BCUT2D eigenvalue weighted by Crippen LogP contribution is 2.24. The third kappa shape index (κ3) is 3.84. The van der Waals surface area contributed by atoms with E-state index in [1.807, 2.05) is 42.5 Å². The molecule has 0 radical (unpaired) electrons. The Bertz CT molecular complexity index is 847. The van der Waals surface area contributed by atoms with Crippen LogP contribution in [0, 0.1) is 0 Å². The summed E-state index contributed by atoms with van der Waals surface area (Å²) in [6, 6.07) is 16.1. The van der Waals surface area contributed by atoms with Crippen molar-refractivity contribution in [3.63, 3.8) is 0 Å². The monoisotopic (exact) mass is 352 g/mol. The van der Waals surface area contributed by atoms with E-state index >= 15 is 0 Å². The van der Waals surface area contributed by atoms with Crippen molar-refractivity contribution in [2.75, 3.05) is 33.4 Å². The van der Waals surface area contributed by atoms with Crippen molar-refractivity contribution in [2.45, 2.75) is 12.6 Å². The van der Waals surface area contributed by atoms with E-state index in [1.165, 1.54) is 10.9 Å². The number of nitrogens with one attached hydrogen (secondary N) is 1. The Labute approximate surface area is 153 Å². The van der Waals surface area contributed by atoms with E-state index in [0.29, 0.717) is 6.61 Å². The van der Waals surface area contributed by atoms with E-state index in [9.17, 15) is 0 Å². The first kappa shape index (κ1) is 16.9. The molecule has 1 aliphatic heterocycles. The van der Waals surface area contributed by atoms with E-state index in [-0.39, 0.29) is 6.10 Å². The Balaban J connectivity index is 1.37. The molecule has 1 fully saturated rings. The number of H-pyrrole nitrogens is 1. The van der Waals surface area contributed by atoms with Crippen molar-refractivity contribution in [1.82, 2.24) is 9.88 Å². The van der Waals surface area contributed by atoms with Gasteiger partial charge < -0.3 is 19.2 Å². The fraction of sp³-hybridized carbons (Fsp3) is 0.333. The number of methoxy groups -OCH3 is 1. The summed E-state index contributed by atoms with van der Waals surface area (Å²) in [5.41, 5.74) is 2.41. The van der Waals surface area contributed by atoms with Crippen LogP contribution in [0.4, 0.5) is 0 Å². The molecule has 5 heteroatoms. The van der Waals surface area contributed by atoms with Gasteiger partial charge in [0, 0.05) is 42.8 Å². The lowest BCUT2D eigenvalue weighted by atomic mass is 10.1. The Morgan fingerprint density at radius 3 is 2.88 bits per heavy atom. The van der Waals surface area contributed by atoms with Crippen LogP contribution >= 0.6 is 0 Å². The first-order valence-electron chi connectivity index (χ1n) is 8.97. The second kappa shape index (κ2) is 7.81. The van der Waals surface area contributed by atoms with E-state index in [0.717, 1.165) is 43.3 Å². The molecular formula is C21H24N2O3. The predicted octanol–water partition coefficient (Wildman–Crippen LogP) is 3.46. The molecule has 2 heterocycles. The largest absolute Gasteiger partial charge is 0.497 e. The number of para-hydroxylation sites is 1. The van der Waals surface area contributed by atoms with Crippen LogP contribution in [0.15, 0.2) is 54.7 Å². The molecule has 0 amide bonds. The van der Waals surface area contributed by atoms with Crippen LogP contribution in [0.1, 0.15) is 5.56 Å². The normalized spacial score (nSPS) is 18.1. The summed E-state index contributed by atoms with van der Waals surface area (Å²) in [5, 5.41) is 1.24. The van der Waals surface area contributed by atoms with Gasteiger partial charge in [-0.15, -0.1) is 0 Å². The zero-order chi connectivity index (χ0) is 17.8. The summed E-state index contributed by atoms with van der Waals surface area (Å²) < 4.78 is 17.0. The van der Waals surface area contributed by atoms with Crippen LogP contribution in [0.2, 0.25) is 0 Å². The fourth-order valence-corrected chi connectivity index (χ4v) is 3.39. The van der Waals surface area contributed by atoms with Gasteiger partial charge in [0.25, 0.3) is 0 Å². The zero-order valence-corrected chi connectivity index (χ0v) is 15.0. The topological polar surface area (TPSA) is 46.7 Å². The molecule has 0 unspecified atom stereocenters. The highest BCUT2D eigenvalue weighted by molar-refractivity contribution is 5.84. The van der Waals surface area contributed by atoms with Crippen molar-refractivity contribution < 1.29 is 14.2 Å². The molecule has 1 atom stereocenters. The molecule has 0 saturated carbocycles. The van der Waals surface area contributed by atoms with Crippen LogP contribution < -0.4 is 9.47 Å². The molecule has 136 valence electrons. The maximum Gasteiger partial charge on any atom is 0.120 e. The second-order valence-corrected chi connectivity index (χ2v) is 6.58. The number of ether oxygens (including phenoxy) is 3. The minimum absolute atomic E-state index is 0.0919. The van der Waals surface area contributed by atoms with Gasteiger partial charge in [0.2, 0.25) is 0 Å². The van der Waals surface area contributed by atoms with E-state index in [4.69, 9.17) is 14.2 Å².